The van der Waals surface area contributed by atoms with E-state index in [1.807, 2.05) is 0 Å². The summed E-state index contributed by atoms with van der Waals surface area (Å²) in [7, 11) is 0. The molecular weight excluding hydrogens is 221 g/mol. The Kier molecular flexibility index (Phi) is 3.48. The summed E-state index contributed by atoms with van der Waals surface area (Å²) in [6.07, 6.45) is -4.77. The van der Waals surface area contributed by atoms with Crippen LogP contribution < -0.4 is 5.32 Å². The monoisotopic (exact) mass is 225 g/mol. The smallest absolute Gasteiger partial charge is 0.338 e. The van der Waals surface area contributed by atoms with Crippen LogP contribution in [0.25, 0.3) is 0 Å². The molecule has 0 saturated heterocycles. The van der Waals surface area contributed by atoms with Gasteiger partial charge in [-0.3, -0.25) is 4.79 Å². The Morgan fingerprint density at radius 1 is 1.31 bits per heavy atom. The maximum atomic E-state index is 11.9. The van der Waals surface area contributed by atoms with Gasteiger partial charge in [0.25, 0.3) is 0 Å². The van der Waals surface area contributed by atoms with Crippen molar-refractivity contribution < 1.29 is 26.7 Å². The number of carbonyl (C=O) groups is 1. The number of nitrogens with one attached hydrogen (secondary N) is 1. The highest BCUT2D eigenvalue weighted by Crippen LogP contribution is 2.23. The highest BCUT2D eigenvalue weighted by Gasteiger charge is 2.43. The zero-order valence-electron chi connectivity index (χ0n) is 6.25. The normalized spacial score (nSPS) is 15.3. The fourth-order valence-corrected chi connectivity index (χ4v) is 0.415. The van der Waals surface area contributed by atoms with E-state index >= 15 is 0 Å². The van der Waals surface area contributed by atoms with Crippen molar-refractivity contribution in [3.63, 3.8) is 0 Å². The molecule has 0 heterocycles. The largest absolute Gasteiger partial charge is 0.408 e. The van der Waals surface area contributed by atoms with Crippen LogP contribution in [-0.4, -0.2) is 23.5 Å². The number of alkyl halides is 6. The van der Waals surface area contributed by atoms with Crippen molar-refractivity contribution in [2.45, 2.75) is 24.5 Å². The van der Waals surface area contributed by atoms with Crippen LogP contribution in [0.3, 0.4) is 0 Å². The van der Waals surface area contributed by atoms with Crippen LogP contribution in [-0.2, 0) is 4.79 Å². The van der Waals surface area contributed by atoms with Gasteiger partial charge in [-0.1, -0.05) is 0 Å². The summed E-state index contributed by atoms with van der Waals surface area (Å²) in [6, 6.07) is -2.36. The van der Waals surface area contributed by atoms with Crippen molar-refractivity contribution >= 4 is 17.5 Å². The van der Waals surface area contributed by atoms with E-state index in [4.69, 9.17) is 0 Å². The van der Waals surface area contributed by atoms with E-state index < -0.39 is 23.5 Å². The fourth-order valence-electron chi connectivity index (χ4n) is 0.360. The van der Waals surface area contributed by atoms with Gasteiger partial charge in [-0.15, -0.1) is 0 Å². The molecule has 0 bridgehead atoms. The zero-order chi connectivity index (χ0) is 10.9. The van der Waals surface area contributed by atoms with Crippen molar-refractivity contribution in [2.75, 3.05) is 0 Å². The lowest BCUT2D eigenvalue weighted by atomic mass is 10.3. The van der Waals surface area contributed by atoms with Gasteiger partial charge in [-0.05, 0) is 18.5 Å². The lowest BCUT2D eigenvalue weighted by Gasteiger charge is -2.18. The van der Waals surface area contributed by atoms with Gasteiger partial charge in [-0.25, -0.2) is 0 Å². The van der Waals surface area contributed by atoms with Gasteiger partial charge in [0.1, 0.15) is 6.04 Å². The van der Waals surface area contributed by atoms with Crippen LogP contribution in [0.4, 0.5) is 22.0 Å². The van der Waals surface area contributed by atoms with E-state index in [2.05, 4.69) is 11.6 Å². The first-order chi connectivity index (χ1) is 5.55. The summed E-state index contributed by atoms with van der Waals surface area (Å²) in [4.78, 5) is 10.2. The molecule has 0 aliphatic heterocycles. The lowest BCUT2D eigenvalue weighted by molar-refractivity contribution is -0.163. The van der Waals surface area contributed by atoms with Gasteiger partial charge in [0, 0.05) is 0 Å². The first kappa shape index (κ1) is 12.4. The quantitative estimate of drug-likeness (QED) is 0.564. The van der Waals surface area contributed by atoms with E-state index in [0.29, 0.717) is 6.92 Å². The van der Waals surface area contributed by atoms with Gasteiger partial charge >= 0.3 is 17.5 Å². The molecule has 13 heavy (non-hydrogen) atoms. The van der Waals surface area contributed by atoms with Crippen molar-refractivity contribution in [3.05, 3.63) is 0 Å². The number of rotatable bonds is 2. The summed E-state index contributed by atoms with van der Waals surface area (Å²) < 4.78 is 58.8. The first-order valence-electron chi connectivity index (χ1n) is 2.99. The molecule has 0 aromatic rings. The predicted octanol–water partition coefficient (Wildman–Crippen LogP) is 1.88. The number of halogens is 6. The van der Waals surface area contributed by atoms with Crippen LogP contribution in [0.1, 0.15) is 6.92 Å². The molecule has 1 N–H and O–H groups in total. The second-order valence-corrected chi connectivity index (χ2v) is 2.71. The van der Waals surface area contributed by atoms with E-state index in [1.54, 1.807) is 0 Å². The highest BCUT2D eigenvalue weighted by molar-refractivity contribution is 6.32. The van der Waals surface area contributed by atoms with Crippen LogP contribution in [0.2, 0.25) is 0 Å². The molecule has 78 valence electrons. The number of carbonyl (C=O) groups excluding carboxylic acids is 1. The minimum Gasteiger partial charge on any atom is -0.338 e. The summed E-state index contributed by atoms with van der Waals surface area (Å²) in [5.74, 6) is -2.17. The molecule has 0 aromatic heterocycles. The predicted molar refractivity (Wildman–Crippen MR) is 34.5 cm³/mol. The van der Waals surface area contributed by atoms with Gasteiger partial charge < -0.3 is 5.32 Å². The molecule has 1 unspecified atom stereocenters. The Morgan fingerprint density at radius 3 is 1.92 bits per heavy atom. The SMILES string of the molecule is CC(NC(=O)C(F)(F)Cl)C(F)(F)F. The first-order valence-corrected chi connectivity index (χ1v) is 3.37. The molecule has 0 aliphatic rings. The maximum absolute atomic E-state index is 11.9. The summed E-state index contributed by atoms with van der Waals surface area (Å²) in [5, 5.41) is -3.31. The summed E-state index contributed by atoms with van der Waals surface area (Å²) >= 11 is 4.17. The Hall–Kier alpha value is -0.590. The van der Waals surface area contributed by atoms with Gasteiger partial charge in [0.15, 0.2) is 0 Å². The van der Waals surface area contributed by atoms with Gasteiger partial charge in [-0.2, -0.15) is 22.0 Å². The molecule has 8 heteroatoms. The summed E-state index contributed by atoms with van der Waals surface area (Å²) in [5.41, 5.74) is 0. The third-order valence-electron chi connectivity index (χ3n) is 1.10. The average molecular weight is 226 g/mol. The molecule has 0 aromatic carbocycles. The third-order valence-corrected chi connectivity index (χ3v) is 1.27. The molecule has 0 saturated carbocycles. The van der Waals surface area contributed by atoms with Crippen molar-refractivity contribution in [2.24, 2.45) is 0 Å². The van der Waals surface area contributed by atoms with Crippen molar-refractivity contribution in [3.8, 4) is 0 Å². The van der Waals surface area contributed by atoms with E-state index in [9.17, 15) is 26.7 Å². The van der Waals surface area contributed by atoms with Crippen LogP contribution in [0.5, 0.6) is 0 Å². The molecule has 0 aliphatic carbocycles. The minimum atomic E-state index is -4.77. The van der Waals surface area contributed by atoms with Crippen LogP contribution in [0.15, 0.2) is 0 Å². The topological polar surface area (TPSA) is 29.1 Å². The van der Waals surface area contributed by atoms with Crippen LogP contribution in [0, 0.1) is 0 Å². The summed E-state index contributed by atoms with van der Waals surface area (Å²) in [6.45, 7) is 0.528. The molecule has 0 spiro atoms. The van der Waals surface area contributed by atoms with Crippen molar-refractivity contribution in [1.82, 2.24) is 5.32 Å². The molecule has 0 rings (SSSR count). The molecule has 1 atom stereocenters. The second-order valence-electron chi connectivity index (χ2n) is 2.23. The Balaban J connectivity index is 4.24. The van der Waals surface area contributed by atoms with Crippen molar-refractivity contribution in [1.29, 1.82) is 0 Å². The molecule has 0 radical (unpaired) electrons. The second kappa shape index (κ2) is 3.65. The highest BCUT2D eigenvalue weighted by atomic mass is 35.5. The zero-order valence-corrected chi connectivity index (χ0v) is 7.01. The minimum absolute atomic E-state index is 0.528. The molecule has 2 nitrogen and oxygen atoms in total. The third kappa shape index (κ3) is 4.25. The fraction of sp³-hybridized carbons (Fsp3) is 0.800. The Morgan fingerprint density at radius 2 is 1.69 bits per heavy atom. The number of amides is 1. The lowest BCUT2D eigenvalue weighted by Crippen LogP contribution is -2.47. The molecule has 1 amide bonds. The maximum Gasteiger partial charge on any atom is 0.408 e. The Labute approximate surface area is 75.0 Å². The molecule has 0 fully saturated rings. The standard InChI is InChI=1S/C5H5ClF5NO/c1-2(5(9,10)11)12-3(13)4(6,7)8/h2H,1H3,(H,12,13). The van der Waals surface area contributed by atoms with Gasteiger partial charge in [0.05, 0.1) is 0 Å². The average Bonchev–Trinajstić information content (AvgIpc) is 1.82. The number of hydrogen-bond acceptors (Lipinski definition) is 1. The van der Waals surface area contributed by atoms with E-state index in [0.717, 1.165) is 5.32 Å². The van der Waals surface area contributed by atoms with E-state index in [-0.39, 0.29) is 0 Å². The Bertz CT molecular complexity index is 198. The van der Waals surface area contributed by atoms with Crippen LogP contribution >= 0.6 is 11.6 Å². The van der Waals surface area contributed by atoms with E-state index in [1.165, 1.54) is 0 Å². The molecular formula is C5H5ClF5NO. The number of hydrogen-bond donors (Lipinski definition) is 1. The van der Waals surface area contributed by atoms with Gasteiger partial charge in [0.2, 0.25) is 0 Å².